The van der Waals surface area contributed by atoms with Gasteiger partial charge in [0, 0.05) is 18.6 Å². The van der Waals surface area contributed by atoms with E-state index < -0.39 is 0 Å². The summed E-state index contributed by atoms with van der Waals surface area (Å²) in [4.78, 5) is 23.8. The lowest BCUT2D eigenvalue weighted by Crippen LogP contribution is -2.01. The van der Waals surface area contributed by atoms with Crippen molar-refractivity contribution in [2.75, 3.05) is 7.11 Å². The number of carbonyl (C=O) groups is 1. The predicted octanol–water partition coefficient (Wildman–Crippen LogP) is 2.12. The number of hydrogen-bond donors (Lipinski definition) is 0. The van der Waals surface area contributed by atoms with Crippen LogP contribution in [0.1, 0.15) is 15.9 Å². The van der Waals surface area contributed by atoms with Gasteiger partial charge in [0.15, 0.2) is 5.16 Å². The Morgan fingerprint density at radius 3 is 2.67 bits per heavy atom. The Morgan fingerprint density at radius 2 is 2.00 bits per heavy atom. The zero-order valence-electron chi connectivity index (χ0n) is 9.95. The topological polar surface area (TPSA) is 65.0 Å². The van der Waals surface area contributed by atoms with Gasteiger partial charge in [-0.3, -0.25) is 0 Å². The highest BCUT2D eigenvalue weighted by Gasteiger charge is 2.08. The third kappa shape index (κ3) is 3.04. The molecule has 0 aliphatic rings. The zero-order chi connectivity index (χ0) is 13.0. The quantitative estimate of drug-likeness (QED) is 0.623. The van der Waals surface area contributed by atoms with E-state index in [0.717, 1.165) is 5.56 Å². The van der Waals surface area contributed by atoms with Crippen molar-refractivity contribution in [3.05, 3.63) is 41.9 Å². The van der Waals surface area contributed by atoms with Gasteiger partial charge in [0.25, 0.3) is 0 Å². The smallest absolute Gasteiger partial charge is 0.337 e. The molecule has 0 N–H and O–H groups in total. The molecule has 0 saturated heterocycles. The van der Waals surface area contributed by atoms with Crippen molar-refractivity contribution in [3.63, 3.8) is 0 Å². The van der Waals surface area contributed by atoms with Crippen molar-refractivity contribution in [1.82, 2.24) is 15.0 Å². The van der Waals surface area contributed by atoms with Crippen molar-refractivity contribution in [1.29, 1.82) is 0 Å². The monoisotopic (exact) mass is 261 g/mol. The second-order valence-electron chi connectivity index (χ2n) is 3.52. The molecule has 0 unspecified atom stereocenters. The van der Waals surface area contributed by atoms with Crippen LogP contribution in [0, 0.1) is 6.92 Å². The molecule has 0 aliphatic heterocycles. The standard InChI is InChI=1S/C12H11N3O2S/c1-8-6-14-12(15-7-8)18-10-5-9(3-4-13-10)11(16)17-2/h3-7H,1-2H3. The van der Waals surface area contributed by atoms with E-state index in [0.29, 0.717) is 15.7 Å². The SMILES string of the molecule is COC(=O)c1ccnc(Sc2ncc(C)cn2)c1. The predicted molar refractivity (Wildman–Crippen MR) is 66.5 cm³/mol. The van der Waals surface area contributed by atoms with Crippen molar-refractivity contribution in [2.45, 2.75) is 17.1 Å². The largest absolute Gasteiger partial charge is 0.465 e. The minimum Gasteiger partial charge on any atom is -0.465 e. The number of ether oxygens (including phenoxy) is 1. The average molecular weight is 261 g/mol. The highest BCUT2D eigenvalue weighted by Crippen LogP contribution is 2.22. The maximum atomic E-state index is 11.4. The van der Waals surface area contributed by atoms with Crippen LogP contribution in [0.25, 0.3) is 0 Å². The van der Waals surface area contributed by atoms with Crippen LogP contribution in [0.3, 0.4) is 0 Å². The van der Waals surface area contributed by atoms with Gasteiger partial charge in [-0.2, -0.15) is 0 Å². The molecule has 6 heteroatoms. The van der Waals surface area contributed by atoms with Crippen molar-refractivity contribution in [2.24, 2.45) is 0 Å². The Kier molecular flexibility index (Phi) is 3.88. The number of carbonyl (C=O) groups excluding carboxylic acids is 1. The first kappa shape index (κ1) is 12.5. The number of rotatable bonds is 3. The molecule has 0 aliphatic carbocycles. The maximum Gasteiger partial charge on any atom is 0.337 e. The molecule has 0 amide bonds. The van der Waals surface area contributed by atoms with E-state index in [9.17, 15) is 4.79 Å². The lowest BCUT2D eigenvalue weighted by Gasteiger charge is -2.02. The lowest BCUT2D eigenvalue weighted by atomic mass is 10.3. The highest BCUT2D eigenvalue weighted by atomic mass is 32.2. The van der Waals surface area contributed by atoms with E-state index in [1.807, 2.05) is 6.92 Å². The normalized spacial score (nSPS) is 10.1. The molecule has 0 saturated carbocycles. The Hall–Kier alpha value is -1.95. The van der Waals surface area contributed by atoms with Crippen LogP contribution in [0.5, 0.6) is 0 Å². The van der Waals surface area contributed by atoms with Gasteiger partial charge in [-0.15, -0.1) is 0 Å². The Labute approximate surface area is 109 Å². The minimum absolute atomic E-state index is 0.385. The molecule has 5 nitrogen and oxygen atoms in total. The molecule has 0 radical (unpaired) electrons. The molecule has 2 aromatic rings. The summed E-state index contributed by atoms with van der Waals surface area (Å²) in [6.45, 7) is 1.92. The van der Waals surface area contributed by atoms with Crippen molar-refractivity contribution in [3.8, 4) is 0 Å². The van der Waals surface area contributed by atoms with E-state index in [2.05, 4.69) is 19.7 Å². The Bertz CT molecular complexity index is 558. The fourth-order valence-electron chi connectivity index (χ4n) is 1.24. The van der Waals surface area contributed by atoms with Crippen LogP contribution in [0.2, 0.25) is 0 Å². The molecule has 0 spiro atoms. The number of aryl methyl sites for hydroxylation is 1. The van der Waals surface area contributed by atoms with Gasteiger partial charge in [0.05, 0.1) is 12.7 Å². The van der Waals surface area contributed by atoms with Crippen LogP contribution >= 0.6 is 11.8 Å². The molecule has 18 heavy (non-hydrogen) atoms. The molecule has 0 atom stereocenters. The van der Waals surface area contributed by atoms with Crippen LogP contribution in [0.4, 0.5) is 0 Å². The zero-order valence-corrected chi connectivity index (χ0v) is 10.8. The number of pyridine rings is 1. The number of aromatic nitrogens is 3. The molecule has 0 aromatic carbocycles. The fraction of sp³-hybridized carbons (Fsp3) is 0.167. The Balaban J connectivity index is 2.19. The summed E-state index contributed by atoms with van der Waals surface area (Å²) in [5.74, 6) is -0.385. The van der Waals surface area contributed by atoms with Crippen LogP contribution < -0.4 is 0 Å². The van der Waals surface area contributed by atoms with Crippen LogP contribution in [0.15, 0.2) is 40.9 Å². The van der Waals surface area contributed by atoms with Crippen LogP contribution in [-0.4, -0.2) is 28.0 Å². The van der Waals surface area contributed by atoms with Gasteiger partial charge in [0.2, 0.25) is 0 Å². The fourth-order valence-corrected chi connectivity index (χ4v) is 1.93. The van der Waals surface area contributed by atoms with Gasteiger partial charge in [-0.05, 0) is 36.4 Å². The second-order valence-corrected chi connectivity index (χ2v) is 4.51. The molecule has 2 rings (SSSR count). The number of esters is 1. The van der Waals surface area contributed by atoms with Gasteiger partial charge in [-0.1, -0.05) is 0 Å². The van der Waals surface area contributed by atoms with E-state index in [4.69, 9.17) is 0 Å². The van der Waals surface area contributed by atoms with Gasteiger partial charge in [0.1, 0.15) is 5.03 Å². The van der Waals surface area contributed by atoms with Gasteiger partial charge >= 0.3 is 5.97 Å². The Morgan fingerprint density at radius 1 is 1.28 bits per heavy atom. The third-order valence-electron chi connectivity index (χ3n) is 2.11. The minimum atomic E-state index is -0.385. The number of methoxy groups -OCH3 is 1. The maximum absolute atomic E-state index is 11.4. The molecule has 2 heterocycles. The summed E-state index contributed by atoms with van der Waals surface area (Å²) < 4.78 is 4.65. The molecular formula is C12H11N3O2S. The molecule has 0 bridgehead atoms. The van der Waals surface area contributed by atoms with Crippen molar-refractivity contribution < 1.29 is 9.53 Å². The first-order chi connectivity index (χ1) is 8.69. The summed E-state index contributed by atoms with van der Waals surface area (Å²) in [6, 6.07) is 3.26. The second kappa shape index (κ2) is 5.59. The van der Waals surface area contributed by atoms with E-state index in [1.165, 1.54) is 18.9 Å². The lowest BCUT2D eigenvalue weighted by molar-refractivity contribution is 0.0600. The van der Waals surface area contributed by atoms with Gasteiger partial charge < -0.3 is 4.74 Å². The van der Waals surface area contributed by atoms with Crippen molar-refractivity contribution >= 4 is 17.7 Å². The third-order valence-corrected chi connectivity index (χ3v) is 2.93. The summed E-state index contributed by atoms with van der Waals surface area (Å²) >= 11 is 1.30. The molecule has 92 valence electrons. The first-order valence-electron chi connectivity index (χ1n) is 5.20. The number of nitrogens with zero attached hydrogens (tertiary/aromatic N) is 3. The summed E-state index contributed by atoms with van der Waals surface area (Å²) in [5, 5.41) is 1.25. The highest BCUT2D eigenvalue weighted by molar-refractivity contribution is 7.99. The first-order valence-corrected chi connectivity index (χ1v) is 6.01. The van der Waals surface area contributed by atoms with Crippen LogP contribution in [-0.2, 0) is 4.74 Å². The number of hydrogen-bond acceptors (Lipinski definition) is 6. The van der Waals surface area contributed by atoms with E-state index in [1.54, 1.807) is 30.7 Å². The van der Waals surface area contributed by atoms with Gasteiger partial charge in [-0.25, -0.2) is 19.7 Å². The molecular weight excluding hydrogens is 250 g/mol. The molecule has 2 aromatic heterocycles. The summed E-state index contributed by atoms with van der Waals surface area (Å²) in [7, 11) is 1.35. The summed E-state index contributed by atoms with van der Waals surface area (Å²) in [6.07, 6.45) is 5.03. The van der Waals surface area contributed by atoms with E-state index >= 15 is 0 Å². The summed E-state index contributed by atoms with van der Waals surface area (Å²) in [5.41, 5.74) is 1.46. The van der Waals surface area contributed by atoms with E-state index in [-0.39, 0.29) is 5.97 Å². The average Bonchev–Trinajstić information content (AvgIpc) is 2.41. The molecule has 0 fully saturated rings.